The van der Waals surface area contributed by atoms with Gasteiger partial charge in [0.05, 0.1) is 11.7 Å². The predicted molar refractivity (Wildman–Crippen MR) is 135 cm³/mol. The van der Waals surface area contributed by atoms with E-state index >= 15 is 0 Å². The van der Waals surface area contributed by atoms with Crippen molar-refractivity contribution in [2.24, 2.45) is 5.73 Å². The van der Waals surface area contributed by atoms with Crippen LogP contribution in [0.1, 0.15) is 61.8 Å². The van der Waals surface area contributed by atoms with Gasteiger partial charge in [-0.2, -0.15) is 0 Å². The number of benzene rings is 2. The Morgan fingerprint density at radius 1 is 1.16 bits per heavy atom. The summed E-state index contributed by atoms with van der Waals surface area (Å²) in [6, 6.07) is 15.9. The largest absolute Gasteiger partial charge is 0.401 e. The molecule has 2 aromatic rings. The first kappa shape index (κ1) is 21.4. The monoisotopic (exact) mass is 448 g/mol. The van der Waals surface area contributed by atoms with Gasteiger partial charge in [-0.3, -0.25) is 4.90 Å². The maximum atomic E-state index is 6.27. The Morgan fingerprint density at radius 2 is 2.03 bits per heavy atom. The number of anilines is 1. The minimum atomic E-state index is 0.184. The maximum Gasteiger partial charge on any atom is 0.0605 e. The van der Waals surface area contributed by atoms with Gasteiger partial charge >= 0.3 is 0 Å². The lowest BCUT2D eigenvalue weighted by atomic mass is 9.88. The van der Waals surface area contributed by atoms with Gasteiger partial charge in [-0.15, -0.1) is 0 Å². The minimum absolute atomic E-state index is 0.184. The number of nitrogens with one attached hydrogen (secondary N) is 2. The molecule has 0 amide bonds. The SMILES string of the molecule is C/C(N)=C1/NCCC(Nc2cccc(Cl)c2)c2cc(C3=CCN(C4CCC4)CC3)ccc21. The fourth-order valence-electron chi connectivity index (χ4n) is 5.18. The van der Waals surface area contributed by atoms with Crippen LogP contribution in [0.25, 0.3) is 11.3 Å². The Morgan fingerprint density at radius 3 is 2.72 bits per heavy atom. The summed E-state index contributed by atoms with van der Waals surface area (Å²) in [5, 5.41) is 8.04. The number of hydrogen-bond acceptors (Lipinski definition) is 4. The Labute approximate surface area is 196 Å². The van der Waals surface area contributed by atoms with Crippen molar-refractivity contribution in [1.82, 2.24) is 10.2 Å². The third kappa shape index (κ3) is 4.39. The van der Waals surface area contributed by atoms with E-state index in [1.165, 1.54) is 48.1 Å². The highest BCUT2D eigenvalue weighted by molar-refractivity contribution is 6.30. The first-order valence-corrected chi connectivity index (χ1v) is 12.3. The Balaban J connectivity index is 1.47. The van der Waals surface area contributed by atoms with Crippen molar-refractivity contribution in [3.05, 3.63) is 76.0 Å². The molecular formula is C27H33ClN4. The molecule has 1 fully saturated rings. The number of hydrogen-bond donors (Lipinski definition) is 3. The van der Waals surface area contributed by atoms with Gasteiger partial charge in [0.15, 0.2) is 0 Å². The quantitative estimate of drug-likeness (QED) is 0.555. The molecule has 1 saturated carbocycles. The lowest BCUT2D eigenvalue weighted by molar-refractivity contribution is 0.141. The molecule has 0 bridgehead atoms. The highest BCUT2D eigenvalue weighted by Gasteiger charge is 2.27. The molecule has 2 aliphatic heterocycles. The van der Waals surface area contributed by atoms with Crippen LogP contribution in [0.3, 0.4) is 0 Å². The predicted octanol–water partition coefficient (Wildman–Crippen LogP) is 5.78. The molecule has 0 aromatic heterocycles. The van der Waals surface area contributed by atoms with Crippen molar-refractivity contribution in [2.75, 3.05) is 25.0 Å². The molecule has 5 heteroatoms. The highest BCUT2D eigenvalue weighted by Crippen LogP contribution is 2.36. The second-order valence-corrected chi connectivity index (χ2v) is 9.78. The minimum Gasteiger partial charge on any atom is -0.401 e. The second-order valence-electron chi connectivity index (χ2n) is 9.34. The van der Waals surface area contributed by atoms with Crippen LogP contribution in [-0.2, 0) is 0 Å². The Bertz CT molecular complexity index is 1050. The summed E-state index contributed by atoms with van der Waals surface area (Å²) in [5.74, 6) is 0. The summed E-state index contributed by atoms with van der Waals surface area (Å²) in [4.78, 5) is 2.66. The van der Waals surface area contributed by atoms with Gasteiger partial charge in [0.2, 0.25) is 0 Å². The molecule has 3 aliphatic rings. The molecular weight excluding hydrogens is 416 g/mol. The van der Waals surface area contributed by atoms with Gasteiger partial charge < -0.3 is 16.4 Å². The Kier molecular flexibility index (Phi) is 6.16. The zero-order valence-corrected chi connectivity index (χ0v) is 19.6. The fraction of sp³-hybridized carbons (Fsp3) is 0.407. The molecule has 5 rings (SSSR count). The molecule has 4 N–H and O–H groups in total. The average Bonchev–Trinajstić information content (AvgIpc) is 2.92. The van der Waals surface area contributed by atoms with Gasteiger partial charge in [-0.05, 0) is 73.6 Å². The molecule has 1 unspecified atom stereocenters. The van der Waals surface area contributed by atoms with Crippen molar-refractivity contribution < 1.29 is 0 Å². The highest BCUT2D eigenvalue weighted by atomic mass is 35.5. The topological polar surface area (TPSA) is 53.3 Å². The average molecular weight is 449 g/mol. The van der Waals surface area contributed by atoms with Gasteiger partial charge in [0.25, 0.3) is 0 Å². The summed E-state index contributed by atoms with van der Waals surface area (Å²) in [6.07, 6.45) is 8.68. The third-order valence-corrected chi connectivity index (χ3v) is 7.43. The number of fused-ring (bicyclic) bond motifs is 1. The summed E-state index contributed by atoms with van der Waals surface area (Å²) < 4.78 is 0. The van der Waals surface area contributed by atoms with Gasteiger partial charge in [0.1, 0.15) is 0 Å². The van der Waals surface area contributed by atoms with Crippen molar-refractivity contribution in [3.63, 3.8) is 0 Å². The van der Waals surface area contributed by atoms with Crippen LogP contribution in [-0.4, -0.2) is 30.6 Å². The van der Waals surface area contributed by atoms with E-state index in [2.05, 4.69) is 45.9 Å². The van der Waals surface area contributed by atoms with Gasteiger partial charge in [-0.1, -0.05) is 42.3 Å². The smallest absolute Gasteiger partial charge is 0.0605 e. The van der Waals surface area contributed by atoms with Crippen LogP contribution in [0.15, 0.2) is 54.2 Å². The number of halogens is 1. The molecule has 0 radical (unpaired) electrons. The zero-order chi connectivity index (χ0) is 22.1. The van der Waals surface area contributed by atoms with Crippen LogP contribution in [0, 0.1) is 0 Å². The summed E-state index contributed by atoms with van der Waals surface area (Å²) in [5.41, 5.74) is 14.5. The van der Waals surface area contributed by atoms with E-state index in [-0.39, 0.29) is 6.04 Å². The second kappa shape index (κ2) is 9.21. The molecule has 1 atom stereocenters. The van der Waals surface area contributed by atoms with Crippen molar-refractivity contribution in [3.8, 4) is 0 Å². The van der Waals surface area contributed by atoms with Crippen LogP contribution in [0.4, 0.5) is 5.69 Å². The van der Waals surface area contributed by atoms with E-state index in [0.717, 1.165) is 54.1 Å². The van der Waals surface area contributed by atoms with Crippen LogP contribution < -0.4 is 16.4 Å². The number of nitrogens with zero attached hydrogens (tertiary/aromatic N) is 1. The first-order chi connectivity index (χ1) is 15.6. The van der Waals surface area contributed by atoms with E-state index in [0.29, 0.717) is 0 Å². The van der Waals surface area contributed by atoms with E-state index in [1.54, 1.807) is 0 Å². The molecule has 2 aromatic carbocycles. The molecule has 1 aliphatic carbocycles. The molecule has 0 spiro atoms. The molecule has 2 heterocycles. The summed E-state index contributed by atoms with van der Waals surface area (Å²) >= 11 is 6.25. The van der Waals surface area contributed by atoms with Crippen molar-refractivity contribution in [1.29, 1.82) is 0 Å². The normalized spacial score (nSPS) is 23.3. The fourth-order valence-corrected chi connectivity index (χ4v) is 5.37. The summed E-state index contributed by atoms with van der Waals surface area (Å²) in [6.45, 7) is 5.09. The Hall–Kier alpha value is -2.43. The van der Waals surface area contributed by atoms with Crippen molar-refractivity contribution in [2.45, 2.75) is 51.1 Å². The molecule has 32 heavy (non-hydrogen) atoms. The van der Waals surface area contributed by atoms with Crippen LogP contribution >= 0.6 is 11.6 Å². The lowest BCUT2D eigenvalue weighted by Gasteiger charge is -2.39. The van der Waals surface area contributed by atoms with Gasteiger partial charge in [-0.25, -0.2) is 0 Å². The van der Waals surface area contributed by atoms with Crippen molar-refractivity contribution >= 4 is 28.6 Å². The maximum absolute atomic E-state index is 6.27. The van der Waals surface area contributed by atoms with Crippen LogP contribution in [0.2, 0.25) is 5.02 Å². The molecule has 168 valence electrons. The standard InChI is InChI=1S/C27H33ClN4/c1-18(29)27-24-9-8-20(19-11-14-32(15-12-19)23-6-3-7-23)16-25(24)26(10-13-30-27)31-22-5-2-4-21(28)17-22/h2,4-5,8-9,11,16-17,23,26,30-31H,3,6-7,10,12-15,29H2,1H3/b27-18-. The van der Waals surface area contributed by atoms with Gasteiger partial charge in [0, 0.05) is 47.6 Å². The van der Waals surface area contributed by atoms with Crippen LogP contribution in [0.5, 0.6) is 0 Å². The molecule has 0 saturated heterocycles. The summed E-state index contributed by atoms with van der Waals surface area (Å²) in [7, 11) is 0. The zero-order valence-electron chi connectivity index (χ0n) is 18.8. The number of nitrogens with two attached hydrogens (primary N) is 1. The number of allylic oxidation sites excluding steroid dienone is 1. The van der Waals surface area contributed by atoms with E-state index in [4.69, 9.17) is 17.3 Å². The molecule has 4 nitrogen and oxygen atoms in total. The third-order valence-electron chi connectivity index (χ3n) is 7.19. The lowest BCUT2D eigenvalue weighted by Crippen LogP contribution is -2.42. The first-order valence-electron chi connectivity index (χ1n) is 11.9. The van der Waals surface area contributed by atoms with E-state index < -0.39 is 0 Å². The van der Waals surface area contributed by atoms with E-state index in [9.17, 15) is 0 Å². The number of rotatable bonds is 4. The van der Waals surface area contributed by atoms with E-state index in [1.807, 2.05) is 25.1 Å².